The van der Waals surface area contributed by atoms with Gasteiger partial charge in [0.25, 0.3) is 0 Å². The molecule has 0 N–H and O–H groups in total. The molecule has 0 unspecified atom stereocenters. The Bertz CT molecular complexity index is 3450. The van der Waals surface area contributed by atoms with E-state index in [0.717, 1.165) is 22.3 Å². The summed E-state index contributed by atoms with van der Waals surface area (Å²) in [7, 11) is 56.4. The molecule has 0 atom stereocenters. The number of ketones is 1. The number of Topliss-reactive ketones (excluding diaryl/α,β-unsaturated/α-hetero) is 1. The van der Waals surface area contributed by atoms with E-state index in [9.17, 15) is 4.79 Å². The molecule has 0 aliphatic heterocycles. The highest BCUT2D eigenvalue weighted by molar-refractivity contribution is 8.80. The van der Waals surface area contributed by atoms with Crippen LogP contribution in [0.25, 0.3) is 22.3 Å². The van der Waals surface area contributed by atoms with Crippen molar-refractivity contribution in [3.63, 3.8) is 0 Å². The van der Waals surface area contributed by atoms with Gasteiger partial charge in [-0.3, -0.25) is 4.79 Å². The van der Waals surface area contributed by atoms with Crippen LogP contribution in [-0.2, 0) is 324 Å². The summed E-state index contributed by atoms with van der Waals surface area (Å²) in [5.74, 6) is 0.232. The molecule has 340 valence electrons. The highest BCUT2D eigenvalue weighted by atomic mass is 33.5. The molecule has 0 spiro atoms. The van der Waals surface area contributed by atoms with E-state index >= 15 is 0 Å². The van der Waals surface area contributed by atoms with Crippen LogP contribution < -0.4 is 0 Å². The van der Waals surface area contributed by atoms with Gasteiger partial charge in [-0.05, 0) is 33.4 Å². The first-order valence-electron chi connectivity index (χ1n) is 15.1. The molecule has 0 aliphatic rings. The number of carbonyl (C=O) groups excluding carboxylic acids is 1. The molecule has 0 heterocycles. The Hall–Kier alpha value is 4.03. The number of benzene rings is 4. The van der Waals surface area contributed by atoms with Gasteiger partial charge in [0.05, 0.1) is 0 Å². The Labute approximate surface area is 462 Å². The average Bonchev–Trinajstić information content (AvgIpc) is 3.30. The van der Waals surface area contributed by atoms with Crippen LogP contribution in [0.5, 0.6) is 0 Å². The predicted molar refractivity (Wildman–Crippen MR) is 367 cm³/mol. The zero-order chi connectivity index (χ0) is 43.8. The van der Waals surface area contributed by atoms with E-state index < -0.39 is 0 Å². The molecule has 4 aromatic carbocycles. The Morgan fingerprint density at radius 3 is 0.758 bits per heavy atom. The summed E-state index contributed by atoms with van der Waals surface area (Å²) in [6.45, 7) is 0. The maximum absolute atomic E-state index is 12.7. The summed E-state index contributed by atoms with van der Waals surface area (Å²) in [5, 5.41) is 0. The zero-order valence-corrected chi connectivity index (χ0v) is 57.4. The average molecular weight is 1450 g/mol. The molecule has 35 heteroatoms. The van der Waals surface area contributed by atoms with E-state index in [0.29, 0.717) is 12.8 Å². The largest absolute Gasteiger partial charge is 0.299 e. The second kappa shape index (κ2) is 44.9. The summed E-state index contributed by atoms with van der Waals surface area (Å²) in [6.07, 6.45) is 0.909. The summed E-state index contributed by atoms with van der Waals surface area (Å²) in [5.41, 5.74) is 6.77. The molecule has 4 rings (SSSR count). The fraction of sp³-hybridized carbons (Fsp3) is 0.0741. The first-order chi connectivity index (χ1) is 30.7. The zero-order valence-electron chi connectivity index (χ0n) is 29.6. The van der Waals surface area contributed by atoms with Gasteiger partial charge < -0.3 is 0 Å². The molecule has 0 bridgehead atoms. The lowest BCUT2D eigenvalue weighted by Crippen LogP contribution is -2.06. The molecule has 0 saturated heterocycles. The van der Waals surface area contributed by atoms with Crippen molar-refractivity contribution in [3.8, 4) is 22.3 Å². The summed E-state index contributed by atoms with van der Waals surface area (Å²) >= 11 is 9.59. The molecule has 0 radical (unpaired) electrons. The minimum atomic E-state index is 0.232. The fourth-order valence-electron chi connectivity index (χ4n) is 3.84. The lowest BCUT2D eigenvalue weighted by molar-refractivity contribution is -0.117. The van der Waals surface area contributed by atoms with E-state index in [2.05, 4.69) is 48.5 Å². The van der Waals surface area contributed by atoms with Gasteiger partial charge >= 0.3 is 0 Å². The second-order valence-corrected chi connectivity index (χ2v) is 65.8. The Balaban J connectivity index is 0.000000334. The lowest BCUT2D eigenvalue weighted by Gasteiger charge is -2.07. The summed E-state index contributed by atoms with van der Waals surface area (Å²) in [6, 6.07) is 37.1. The normalized spacial score (nSPS) is 8.97. The van der Waals surface area contributed by atoms with Crippen molar-refractivity contribution < 1.29 is 4.79 Å². The van der Waals surface area contributed by atoms with Crippen molar-refractivity contribution in [1.82, 2.24) is 0 Å². The van der Waals surface area contributed by atoms with E-state index in [4.69, 9.17) is 22.4 Å². The third-order valence-electron chi connectivity index (χ3n) is 5.73. The summed E-state index contributed by atoms with van der Waals surface area (Å²) < 4.78 is 0. The van der Waals surface area contributed by atoms with Crippen LogP contribution in [0.15, 0.2) is 109 Å². The number of hydrogen-bond donors (Lipinski definition) is 0. The van der Waals surface area contributed by atoms with Crippen molar-refractivity contribution >= 4 is 312 Å². The highest BCUT2D eigenvalue weighted by Gasteiger charge is 2.08. The van der Waals surface area contributed by atoms with E-state index in [1.54, 1.807) is 107 Å². The summed E-state index contributed by atoms with van der Waals surface area (Å²) in [4.78, 5) is 12.7. The number of hydrogen-bond acceptors (Lipinski definition) is 3. The first kappa shape index (κ1) is 60.3. The number of rotatable bonds is 6. The van der Waals surface area contributed by atoms with Gasteiger partial charge in [0.2, 0.25) is 0 Å². The van der Waals surface area contributed by atoms with Crippen molar-refractivity contribution in [2.75, 3.05) is 0 Å². The molecule has 0 amide bonds. The third-order valence-corrected chi connectivity index (χ3v) is 74.6. The molecule has 4 aromatic rings. The van der Waals surface area contributed by atoms with Gasteiger partial charge in [-0.25, -0.2) is 0 Å². The molecular formula is C27H22OS34. The maximum Gasteiger partial charge on any atom is 0.141 e. The van der Waals surface area contributed by atoms with Crippen LogP contribution in [0.3, 0.4) is 0 Å². The molecule has 0 saturated carbocycles. The minimum Gasteiger partial charge on any atom is -0.299 e. The van der Waals surface area contributed by atoms with Gasteiger partial charge in [-0.2, -0.15) is 0 Å². The maximum atomic E-state index is 12.7. The van der Waals surface area contributed by atoms with Gasteiger partial charge in [0.1, 0.15) is 5.78 Å². The van der Waals surface area contributed by atoms with Gasteiger partial charge in [0.15, 0.2) is 0 Å². The van der Waals surface area contributed by atoms with E-state index in [-0.39, 0.29) is 5.78 Å². The Morgan fingerprint density at radius 2 is 0.516 bits per heavy atom. The van der Waals surface area contributed by atoms with Gasteiger partial charge in [0, 0.05) is 319 Å². The highest BCUT2D eigenvalue weighted by Crippen LogP contribution is 2.22. The Morgan fingerprint density at radius 1 is 0.290 bits per heavy atom. The Kier molecular flexibility index (Phi) is 43.7. The van der Waals surface area contributed by atoms with Crippen LogP contribution in [0.4, 0.5) is 0 Å². The standard InChI is InChI=1S/C27H22O.S34/c28-27(19-21-9-7-15-25(17-21)23-11-3-1-4-12-23)20-22-10-8-16-26(18-22)24-13-5-2-6-14-24;1-3-5-7-9-11-13-15-17-19-21-23-25-27-29-31-33-34-32-30-28-26-24-22-20-18-16-14-12-10-8-6-4-2/h1-18H,19-20H2;. The van der Waals surface area contributed by atoms with Crippen molar-refractivity contribution in [3.05, 3.63) is 120 Å². The van der Waals surface area contributed by atoms with Crippen LogP contribution in [0, 0.1) is 0 Å². The van der Waals surface area contributed by atoms with Crippen LogP contribution in [0.1, 0.15) is 11.1 Å². The molecular weight excluding hydrogens is 1430 g/mol. The van der Waals surface area contributed by atoms with Crippen LogP contribution in [-0.4, -0.2) is 5.78 Å². The van der Waals surface area contributed by atoms with Crippen LogP contribution in [0.2, 0.25) is 0 Å². The van der Waals surface area contributed by atoms with Gasteiger partial charge in [-0.15, -0.1) is 0 Å². The van der Waals surface area contributed by atoms with Crippen molar-refractivity contribution in [2.45, 2.75) is 12.8 Å². The minimum absolute atomic E-state index is 0.232. The SMILES string of the molecule is O=C(Cc1cccc(-c2ccccc2)c1)Cc1cccc(-c2ccccc2)c1.S=S=S=S=S=S=S=S=S=S=S=S=S=S=S=S=S=S=S=S=S=S=S=S=S=S=S=S=S=S=S=S=S=S. The number of carbonyl (C=O) groups is 1. The molecule has 0 aromatic heterocycles. The smallest absolute Gasteiger partial charge is 0.141 e. The van der Waals surface area contributed by atoms with E-state index in [1.165, 1.54) is 28.9 Å². The van der Waals surface area contributed by atoms with E-state index in [1.807, 2.05) is 221 Å². The lowest BCUT2D eigenvalue weighted by atomic mass is 9.97. The molecule has 1 nitrogen and oxygen atoms in total. The predicted octanol–water partition coefficient (Wildman–Crippen LogP) is 6.29. The first-order valence-corrected chi connectivity index (χ1v) is 59.1. The van der Waals surface area contributed by atoms with Crippen molar-refractivity contribution in [2.24, 2.45) is 0 Å². The van der Waals surface area contributed by atoms with Crippen LogP contribution >= 0.6 is 0 Å². The topological polar surface area (TPSA) is 17.1 Å². The van der Waals surface area contributed by atoms with Gasteiger partial charge in [-0.1, -0.05) is 109 Å². The second-order valence-electron chi connectivity index (χ2n) is 9.20. The van der Waals surface area contributed by atoms with Crippen molar-refractivity contribution in [1.29, 1.82) is 0 Å². The molecule has 0 fully saturated rings. The molecule has 0 aliphatic carbocycles. The monoisotopic (exact) mass is 1450 g/mol. The molecule has 62 heavy (non-hydrogen) atoms. The fourth-order valence-corrected chi connectivity index (χ4v) is 86.2. The third kappa shape index (κ3) is 33.6. The quantitative estimate of drug-likeness (QED) is 0.226.